The first kappa shape index (κ1) is 12.4. The van der Waals surface area contributed by atoms with Crippen LogP contribution < -0.4 is 0 Å². The third-order valence-corrected chi connectivity index (χ3v) is 2.30. The van der Waals surface area contributed by atoms with Crippen LogP contribution in [0.25, 0.3) is 0 Å². The highest BCUT2D eigenvalue weighted by Crippen LogP contribution is 2.15. The highest BCUT2D eigenvalue weighted by Gasteiger charge is 2.05. The van der Waals surface area contributed by atoms with Crippen molar-refractivity contribution in [3.05, 3.63) is 25.3 Å². The van der Waals surface area contributed by atoms with Crippen molar-refractivity contribution in [3.63, 3.8) is 0 Å². The summed E-state index contributed by atoms with van der Waals surface area (Å²) in [6.45, 7) is 7.69. The summed E-state index contributed by atoms with van der Waals surface area (Å²) in [4.78, 5) is 0. The maximum absolute atomic E-state index is 9.07. The first-order chi connectivity index (χ1) is 6.35. The summed E-state index contributed by atoms with van der Waals surface area (Å²) in [7, 11) is 0. The van der Waals surface area contributed by atoms with Gasteiger partial charge in [-0.25, -0.2) is 0 Å². The van der Waals surface area contributed by atoms with Crippen LogP contribution in [0.5, 0.6) is 0 Å². The number of aliphatic hydroxyl groups excluding tert-OH is 1. The molecule has 0 heterocycles. The van der Waals surface area contributed by atoms with Gasteiger partial charge in [-0.3, -0.25) is 0 Å². The topological polar surface area (TPSA) is 20.2 Å². The molecule has 1 N–H and O–H groups in total. The molecule has 0 unspecified atom stereocenters. The minimum absolute atomic E-state index is 0.328. The second kappa shape index (κ2) is 9.53. The average Bonchev–Trinajstić information content (AvgIpc) is 2.16. The van der Waals surface area contributed by atoms with Crippen molar-refractivity contribution < 1.29 is 5.11 Å². The number of aliphatic hydroxyl groups is 1. The molecule has 0 aliphatic carbocycles. The monoisotopic (exact) mass is 182 g/mol. The lowest BCUT2D eigenvalue weighted by Gasteiger charge is -2.12. The van der Waals surface area contributed by atoms with Gasteiger partial charge < -0.3 is 5.11 Å². The minimum atomic E-state index is 0.328. The summed E-state index contributed by atoms with van der Waals surface area (Å²) in [5.74, 6) is 0.486. The molecule has 0 fully saturated rings. The Morgan fingerprint density at radius 2 is 1.46 bits per heavy atom. The van der Waals surface area contributed by atoms with Crippen LogP contribution in [-0.4, -0.2) is 11.7 Å². The van der Waals surface area contributed by atoms with Crippen molar-refractivity contribution >= 4 is 0 Å². The van der Waals surface area contributed by atoms with Gasteiger partial charge in [0.2, 0.25) is 0 Å². The van der Waals surface area contributed by atoms with Crippen molar-refractivity contribution in [1.82, 2.24) is 0 Å². The molecular weight excluding hydrogens is 160 g/mol. The molecule has 76 valence electrons. The Balaban J connectivity index is 3.38. The van der Waals surface area contributed by atoms with Gasteiger partial charge in [0.05, 0.1) is 0 Å². The first-order valence-electron chi connectivity index (χ1n) is 5.17. The Kier molecular flexibility index (Phi) is 9.12. The van der Waals surface area contributed by atoms with Crippen LogP contribution in [0, 0.1) is 5.92 Å². The fraction of sp³-hybridized carbons (Fsp3) is 0.667. The van der Waals surface area contributed by atoms with E-state index >= 15 is 0 Å². The van der Waals surface area contributed by atoms with Crippen LogP contribution in [0.2, 0.25) is 0 Å². The highest BCUT2D eigenvalue weighted by molar-refractivity contribution is 4.70. The predicted octanol–water partition coefficient (Wildman–Crippen LogP) is 3.31. The summed E-state index contributed by atoms with van der Waals surface area (Å²) in [6.07, 6.45) is 10.6. The maximum Gasteiger partial charge on any atom is 0.0459 e. The molecule has 13 heavy (non-hydrogen) atoms. The number of hydrogen-bond acceptors (Lipinski definition) is 1. The molecular formula is C12H22O. The number of unbranched alkanes of at least 4 members (excludes halogenated alkanes) is 2. The lowest BCUT2D eigenvalue weighted by molar-refractivity contribution is 0.207. The van der Waals surface area contributed by atoms with E-state index in [0.29, 0.717) is 12.5 Å². The average molecular weight is 182 g/mol. The van der Waals surface area contributed by atoms with Gasteiger partial charge in [-0.2, -0.15) is 0 Å². The van der Waals surface area contributed by atoms with E-state index in [4.69, 9.17) is 5.11 Å². The van der Waals surface area contributed by atoms with E-state index < -0.39 is 0 Å². The van der Waals surface area contributed by atoms with E-state index in [2.05, 4.69) is 13.2 Å². The standard InChI is InChI=1S/C12H22O/c1-3-5-7-9-12(11-13)10-8-6-4-2/h3-4,12-13H,1-2,5-11H2. The van der Waals surface area contributed by atoms with Crippen molar-refractivity contribution in [2.75, 3.05) is 6.61 Å². The van der Waals surface area contributed by atoms with Crippen LogP contribution >= 0.6 is 0 Å². The summed E-state index contributed by atoms with van der Waals surface area (Å²) >= 11 is 0. The third kappa shape index (κ3) is 7.79. The second-order valence-electron chi connectivity index (χ2n) is 3.49. The molecule has 0 spiro atoms. The van der Waals surface area contributed by atoms with Crippen LogP contribution in [-0.2, 0) is 0 Å². The molecule has 0 saturated carbocycles. The van der Waals surface area contributed by atoms with Crippen LogP contribution in [0.1, 0.15) is 38.5 Å². The van der Waals surface area contributed by atoms with Gasteiger partial charge in [0.1, 0.15) is 0 Å². The molecule has 0 aromatic rings. The van der Waals surface area contributed by atoms with E-state index in [1.54, 1.807) is 0 Å². The quantitative estimate of drug-likeness (QED) is 0.428. The molecule has 0 aliphatic rings. The van der Waals surface area contributed by atoms with Gasteiger partial charge in [-0.15, -0.1) is 13.2 Å². The fourth-order valence-electron chi connectivity index (χ4n) is 1.43. The zero-order valence-electron chi connectivity index (χ0n) is 8.54. The molecule has 0 amide bonds. The normalized spacial score (nSPS) is 10.3. The van der Waals surface area contributed by atoms with Gasteiger partial charge >= 0.3 is 0 Å². The number of rotatable bonds is 9. The molecule has 1 heteroatoms. The van der Waals surface area contributed by atoms with Crippen LogP contribution in [0.3, 0.4) is 0 Å². The molecule has 0 aliphatic heterocycles. The van der Waals surface area contributed by atoms with Crippen molar-refractivity contribution in [1.29, 1.82) is 0 Å². The van der Waals surface area contributed by atoms with Gasteiger partial charge in [-0.05, 0) is 44.4 Å². The van der Waals surface area contributed by atoms with E-state index in [1.807, 2.05) is 12.2 Å². The molecule has 0 rings (SSSR count). The Bertz CT molecular complexity index is 115. The molecule has 0 aromatic carbocycles. The van der Waals surface area contributed by atoms with Gasteiger partial charge in [0.25, 0.3) is 0 Å². The molecule has 0 atom stereocenters. The van der Waals surface area contributed by atoms with E-state index in [0.717, 1.165) is 38.5 Å². The SMILES string of the molecule is C=CCCCC(CO)CCCC=C. The Morgan fingerprint density at radius 1 is 1.00 bits per heavy atom. The minimum Gasteiger partial charge on any atom is -0.396 e. The number of allylic oxidation sites excluding steroid dienone is 2. The van der Waals surface area contributed by atoms with Crippen molar-refractivity contribution in [2.24, 2.45) is 5.92 Å². The maximum atomic E-state index is 9.07. The van der Waals surface area contributed by atoms with Crippen LogP contribution in [0.15, 0.2) is 25.3 Å². The van der Waals surface area contributed by atoms with Gasteiger partial charge in [0, 0.05) is 6.61 Å². The Labute approximate surface area is 82.2 Å². The van der Waals surface area contributed by atoms with Crippen LogP contribution in [0.4, 0.5) is 0 Å². The molecule has 0 bridgehead atoms. The van der Waals surface area contributed by atoms with E-state index in [1.165, 1.54) is 0 Å². The van der Waals surface area contributed by atoms with Crippen molar-refractivity contribution in [2.45, 2.75) is 38.5 Å². The molecule has 1 nitrogen and oxygen atoms in total. The van der Waals surface area contributed by atoms with Gasteiger partial charge in [0.15, 0.2) is 0 Å². The Morgan fingerprint density at radius 3 is 1.77 bits per heavy atom. The highest BCUT2D eigenvalue weighted by atomic mass is 16.3. The van der Waals surface area contributed by atoms with Crippen molar-refractivity contribution in [3.8, 4) is 0 Å². The Hall–Kier alpha value is -0.560. The predicted molar refractivity (Wildman–Crippen MR) is 58.7 cm³/mol. The lowest BCUT2D eigenvalue weighted by atomic mass is 9.97. The van der Waals surface area contributed by atoms with E-state index in [9.17, 15) is 0 Å². The van der Waals surface area contributed by atoms with Gasteiger partial charge in [-0.1, -0.05) is 12.2 Å². The summed E-state index contributed by atoms with van der Waals surface area (Å²) < 4.78 is 0. The first-order valence-corrected chi connectivity index (χ1v) is 5.17. The third-order valence-electron chi connectivity index (χ3n) is 2.30. The summed E-state index contributed by atoms with van der Waals surface area (Å²) in [6, 6.07) is 0. The summed E-state index contributed by atoms with van der Waals surface area (Å²) in [5.41, 5.74) is 0. The zero-order valence-corrected chi connectivity index (χ0v) is 8.54. The van der Waals surface area contributed by atoms with E-state index in [-0.39, 0.29) is 0 Å². The summed E-state index contributed by atoms with van der Waals surface area (Å²) in [5, 5.41) is 9.07. The molecule has 0 radical (unpaired) electrons. The lowest BCUT2D eigenvalue weighted by Crippen LogP contribution is -2.05. The number of hydrogen-bond donors (Lipinski definition) is 1. The fourth-order valence-corrected chi connectivity index (χ4v) is 1.43. The smallest absolute Gasteiger partial charge is 0.0459 e. The molecule has 0 aromatic heterocycles. The zero-order chi connectivity index (χ0) is 9.94. The largest absolute Gasteiger partial charge is 0.396 e. The molecule has 0 saturated heterocycles. The second-order valence-corrected chi connectivity index (χ2v) is 3.49.